The van der Waals surface area contributed by atoms with E-state index in [9.17, 15) is 28.1 Å². The Balaban J connectivity index is 0.919. The van der Waals surface area contributed by atoms with Crippen LogP contribution in [-0.2, 0) is 21.2 Å². The zero-order chi connectivity index (χ0) is 46.9. The van der Waals surface area contributed by atoms with Crippen molar-refractivity contribution < 1.29 is 32.4 Å². The number of piperazine rings is 1. The molecule has 0 radical (unpaired) electrons. The van der Waals surface area contributed by atoms with Crippen LogP contribution < -0.4 is 24.4 Å². The van der Waals surface area contributed by atoms with Gasteiger partial charge >= 0.3 is 0 Å². The number of pyridine rings is 1. The lowest BCUT2D eigenvalue weighted by atomic mass is 9.72. The van der Waals surface area contributed by atoms with Crippen molar-refractivity contribution >= 4 is 61.4 Å². The van der Waals surface area contributed by atoms with E-state index in [0.29, 0.717) is 24.5 Å². The highest BCUT2D eigenvalue weighted by molar-refractivity contribution is 7.90. The Labute approximate surface area is 395 Å². The zero-order valence-corrected chi connectivity index (χ0v) is 39.4. The lowest BCUT2D eigenvalue weighted by Crippen LogP contribution is -2.47. The number of aromatic nitrogens is 2. The van der Waals surface area contributed by atoms with Crippen molar-refractivity contribution in [3.05, 3.63) is 117 Å². The van der Waals surface area contributed by atoms with E-state index in [1.807, 2.05) is 18.2 Å². The molecule has 2 amide bonds. The number of ether oxygens (including phenoxy) is 2. The van der Waals surface area contributed by atoms with Crippen molar-refractivity contribution in [3.8, 4) is 17.2 Å². The third kappa shape index (κ3) is 10.6. The maximum atomic E-state index is 14.1. The summed E-state index contributed by atoms with van der Waals surface area (Å²) in [5.74, 6) is -0.810. The second kappa shape index (κ2) is 19.3. The molecule has 2 aromatic heterocycles. The Kier molecular flexibility index (Phi) is 13.3. The number of nitro benzene ring substituents is 1. The molecule has 2 aliphatic heterocycles. The van der Waals surface area contributed by atoms with Gasteiger partial charge in [-0.15, -0.1) is 0 Å². The van der Waals surface area contributed by atoms with Gasteiger partial charge in [-0.3, -0.25) is 24.6 Å². The lowest BCUT2D eigenvalue weighted by molar-refractivity contribution is -0.386. The zero-order valence-electron chi connectivity index (χ0n) is 37.8. The number of aromatic amines is 1. The quantitative estimate of drug-likeness (QED) is 0.0754. The number of amides is 2. The van der Waals surface area contributed by atoms with Gasteiger partial charge in [0.25, 0.3) is 21.6 Å². The summed E-state index contributed by atoms with van der Waals surface area (Å²) < 4.78 is 42.3. The van der Waals surface area contributed by atoms with E-state index in [-0.39, 0.29) is 65.4 Å². The van der Waals surface area contributed by atoms with Gasteiger partial charge < -0.3 is 24.7 Å². The third-order valence-electron chi connectivity index (χ3n) is 13.7. The smallest absolute Gasteiger partial charge is 0.277 e. The van der Waals surface area contributed by atoms with Crippen LogP contribution >= 0.6 is 11.6 Å². The minimum atomic E-state index is -4.67. The number of nitro groups is 1. The number of fused-ring (bicyclic) bond motifs is 2. The van der Waals surface area contributed by atoms with Crippen molar-refractivity contribution in [2.45, 2.75) is 76.5 Å². The molecule has 2 fully saturated rings. The summed E-state index contributed by atoms with van der Waals surface area (Å²) in [6.45, 7) is 8.96. The molecule has 2 aliphatic carbocycles. The van der Waals surface area contributed by atoms with Gasteiger partial charge in [-0.1, -0.05) is 62.4 Å². The summed E-state index contributed by atoms with van der Waals surface area (Å²) in [6, 6.07) is 18.9. The molecule has 0 unspecified atom stereocenters. The fourth-order valence-corrected chi connectivity index (χ4v) is 11.0. The maximum absolute atomic E-state index is 14.1. The van der Waals surface area contributed by atoms with Gasteiger partial charge in [-0.05, 0) is 91.5 Å². The van der Waals surface area contributed by atoms with Crippen molar-refractivity contribution in [2.24, 2.45) is 17.3 Å². The number of nitrogens with one attached hydrogen (secondary N) is 3. The van der Waals surface area contributed by atoms with Crippen molar-refractivity contribution in [1.82, 2.24) is 24.9 Å². The number of hydrogen-bond acceptors (Lipinski definition) is 11. The summed E-state index contributed by atoms with van der Waals surface area (Å²) in [7, 11) is -4.67. The average molecular weight is 951 g/mol. The standard InChI is InChI=1S/C50H56ClN7O8S/c1-50(2)16-14-36(43(27-50)33-8-10-37(51)11-9-33)30-56-18-20-57(21-19-56)38-12-13-41(46(24-38)66-39-23-35-15-17-52-47(35)53-29-39)49(60)55-67(63,64)40-25-44(58(61)62)42-22-32(31-65-45(42)26-40)28-54-48(59)34-6-4-3-5-7-34/h8-13,15,17,23-26,29,32,34H,3-7,14,16,18-22,27-28,30-31H2,1-2H3,(H,52,53)(H,54,59)(H,55,60)/t32-/m0/s1. The molecular formula is C50H56ClN7O8S. The topological polar surface area (TPSA) is 189 Å². The predicted molar refractivity (Wildman–Crippen MR) is 257 cm³/mol. The van der Waals surface area contributed by atoms with Gasteiger partial charge in [-0.25, -0.2) is 18.1 Å². The second-order valence-corrected chi connectivity index (χ2v) is 21.3. The normalized spacial score (nSPS) is 19.1. The molecule has 1 saturated carbocycles. The van der Waals surface area contributed by atoms with Gasteiger partial charge in [0.05, 0.1) is 33.7 Å². The highest BCUT2D eigenvalue weighted by Gasteiger charge is 2.34. The van der Waals surface area contributed by atoms with Crippen LogP contribution in [0.5, 0.6) is 17.2 Å². The predicted octanol–water partition coefficient (Wildman–Crippen LogP) is 9.07. The molecule has 4 aliphatic rings. The summed E-state index contributed by atoms with van der Waals surface area (Å²) in [5.41, 5.74) is 5.46. The Morgan fingerprint density at radius 2 is 1.79 bits per heavy atom. The van der Waals surface area contributed by atoms with Gasteiger partial charge in [0.1, 0.15) is 22.9 Å². The molecule has 17 heteroatoms. The number of sulfonamides is 1. The van der Waals surface area contributed by atoms with Crippen molar-refractivity contribution in [1.29, 1.82) is 0 Å². The molecule has 1 saturated heterocycles. The van der Waals surface area contributed by atoms with Crippen LogP contribution in [0.4, 0.5) is 11.4 Å². The maximum Gasteiger partial charge on any atom is 0.277 e. The van der Waals surface area contributed by atoms with Crippen LogP contribution in [0.3, 0.4) is 0 Å². The number of allylic oxidation sites excluding steroid dienone is 1. The Bertz CT molecular complexity index is 2830. The molecule has 3 aromatic carbocycles. The number of nitrogens with zero attached hydrogens (tertiary/aromatic N) is 4. The average Bonchev–Trinajstić information content (AvgIpc) is 3.79. The summed E-state index contributed by atoms with van der Waals surface area (Å²) in [6.07, 6.45) is 11.5. The second-order valence-electron chi connectivity index (χ2n) is 19.1. The van der Waals surface area contributed by atoms with E-state index in [2.05, 4.69) is 55.8 Å². The number of H-pyrrole nitrogens is 1. The molecule has 9 rings (SSSR count). The van der Waals surface area contributed by atoms with Crippen LogP contribution in [0, 0.1) is 27.4 Å². The van der Waals surface area contributed by atoms with Crippen LogP contribution in [0.25, 0.3) is 16.6 Å². The summed E-state index contributed by atoms with van der Waals surface area (Å²) >= 11 is 6.25. The molecule has 5 aromatic rings. The summed E-state index contributed by atoms with van der Waals surface area (Å²) in [4.78, 5) is 50.3. The largest absolute Gasteiger partial charge is 0.493 e. The molecular weight excluding hydrogens is 894 g/mol. The van der Waals surface area contributed by atoms with Gasteiger partial charge in [0.15, 0.2) is 0 Å². The number of rotatable bonds is 13. The fraction of sp³-hybridized carbons (Fsp3) is 0.420. The van der Waals surface area contributed by atoms with E-state index < -0.39 is 31.4 Å². The minimum absolute atomic E-state index is 0.0191. The van der Waals surface area contributed by atoms with E-state index >= 15 is 0 Å². The van der Waals surface area contributed by atoms with E-state index in [1.54, 1.807) is 24.4 Å². The lowest BCUT2D eigenvalue weighted by Gasteiger charge is -2.39. The van der Waals surface area contributed by atoms with E-state index in [1.165, 1.54) is 35.0 Å². The first-order valence-corrected chi connectivity index (χ1v) is 25.0. The van der Waals surface area contributed by atoms with Crippen LogP contribution in [0.2, 0.25) is 5.02 Å². The van der Waals surface area contributed by atoms with Gasteiger partial charge in [-0.2, -0.15) is 0 Å². The molecule has 352 valence electrons. The van der Waals surface area contributed by atoms with Gasteiger partial charge in [0.2, 0.25) is 5.91 Å². The Morgan fingerprint density at radius 3 is 2.55 bits per heavy atom. The Morgan fingerprint density at radius 1 is 1.01 bits per heavy atom. The van der Waals surface area contributed by atoms with E-state index in [4.69, 9.17) is 21.1 Å². The summed E-state index contributed by atoms with van der Waals surface area (Å²) in [5, 5.41) is 16.9. The number of benzene rings is 3. The molecule has 0 spiro atoms. The first-order valence-electron chi connectivity index (χ1n) is 23.2. The van der Waals surface area contributed by atoms with E-state index in [0.717, 1.165) is 93.2 Å². The first kappa shape index (κ1) is 46.2. The van der Waals surface area contributed by atoms with Crippen molar-refractivity contribution in [3.63, 3.8) is 0 Å². The molecule has 1 atom stereocenters. The molecule has 3 N–H and O–H groups in total. The number of carbonyl (C=O) groups excluding carboxylic acids is 2. The highest BCUT2D eigenvalue weighted by Crippen LogP contribution is 2.44. The SMILES string of the molecule is CC1(C)CCC(CN2CCN(c3ccc(C(=O)NS(=O)(=O)c4cc5c(c([N+](=O)[O-])c4)C[C@@H](CNC(=O)C4CCCCC4)CO5)c(Oc4cnc5[nH]ccc5c4)c3)CC2)=C(c2ccc(Cl)cc2)C1. The fourth-order valence-electron chi connectivity index (χ4n) is 9.91. The first-order chi connectivity index (χ1) is 32.2. The third-order valence-corrected chi connectivity index (χ3v) is 15.3. The molecule has 0 bridgehead atoms. The van der Waals surface area contributed by atoms with Crippen LogP contribution in [-0.4, -0.2) is 85.9 Å². The number of anilines is 1. The molecule has 4 heterocycles. The number of carbonyl (C=O) groups is 2. The van der Waals surface area contributed by atoms with Crippen molar-refractivity contribution in [2.75, 3.05) is 50.8 Å². The number of halogens is 1. The molecule has 15 nitrogen and oxygen atoms in total. The molecule has 67 heavy (non-hydrogen) atoms. The number of hydrogen-bond donors (Lipinski definition) is 3. The monoisotopic (exact) mass is 949 g/mol. The van der Waals surface area contributed by atoms with Gasteiger partial charge in [0, 0.05) is 91.6 Å². The van der Waals surface area contributed by atoms with Crippen LogP contribution in [0.15, 0.2) is 89.6 Å². The van der Waals surface area contributed by atoms with Crippen LogP contribution in [0.1, 0.15) is 86.7 Å². The Hall–Kier alpha value is -5.97. The minimum Gasteiger partial charge on any atom is -0.493 e. The highest BCUT2D eigenvalue weighted by atomic mass is 35.5.